The molecule has 1 heterocycles. The maximum absolute atomic E-state index is 12.8. The molecule has 0 radical (unpaired) electrons. The highest BCUT2D eigenvalue weighted by Gasteiger charge is 2.32. The molecule has 5 nitrogen and oxygen atoms in total. The Morgan fingerprint density at radius 2 is 1.76 bits per heavy atom. The number of benzene rings is 2. The second-order valence-electron chi connectivity index (χ2n) is 7.74. The molecule has 156 valence electrons. The normalized spacial score (nSPS) is 18.9. The summed E-state index contributed by atoms with van der Waals surface area (Å²) < 4.78 is 27.1. The lowest BCUT2D eigenvalue weighted by Crippen LogP contribution is -2.46. The second kappa shape index (κ2) is 10.0. The summed E-state index contributed by atoms with van der Waals surface area (Å²) in [6.45, 7) is 2.74. The van der Waals surface area contributed by atoms with Crippen molar-refractivity contribution in [3.8, 4) is 0 Å². The van der Waals surface area contributed by atoms with E-state index in [0.29, 0.717) is 13.0 Å². The van der Waals surface area contributed by atoms with Crippen LogP contribution in [0, 0.1) is 5.92 Å². The van der Waals surface area contributed by atoms with Gasteiger partial charge in [0.25, 0.3) is 0 Å². The van der Waals surface area contributed by atoms with Crippen LogP contribution < -0.4 is 5.32 Å². The molecule has 1 aliphatic heterocycles. The van der Waals surface area contributed by atoms with E-state index in [1.165, 1.54) is 4.31 Å². The van der Waals surface area contributed by atoms with Crippen molar-refractivity contribution >= 4 is 15.9 Å². The minimum Gasteiger partial charge on any atom is -0.349 e. The van der Waals surface area contributed by atoms with Gasteiger partial charge in [-0.3, -0.25) is 4.79 Å². The van der Waals surface area contributed by atoms with E-state index in [0.717, 1.165) is 30.4 Å². The molecule has 6 heteroatoms. The highest BCUT2D eigenvalue weighted by molar-refractivity contribution is 7.89. The number of aryl methyl sites for hydroxylation is 1. The van der Waals surface area contributed by atoms with Crippen LogP contribution in [0.1, 0.15) is 43.4 Å². The van der Waals surface area contributed by atoms with Crippen molar-refractivity contribution in [2.24, 2.45) is 5.92 Å². The largest absolute Gasteiger partial charge is 0.349 e. The minimum absolute atomic E-state index is 0.0643. The third-order valence-electron chi connectivity index (χ3n) is 5.52. The molecule has 2 aromatic carbocycles. The average Bonchev–Trinajstić information content (AvgIpc) is 2.75. The maximum Gasteiger partial charge on any atom is 0.224 e. The van der Waals surface area contributed by atoms with Crippen molar-refractivity contribution in [2.75, 3.05) is 18.8 Å². The number of hydrogen-bond donors (Lipinski definition) is 1. The van der Waals surface area contributed by atoms with Crippen LogP contribution in [-0.4, -0.2) is 37.5 Å². The van der Waals surface area contributed by atoms with E-state index in [1.807, 2.05) is 67.6 Å². The van der Waals surface area contributed by atoms with Gasteiger partial charge < -0.3 is 5.32 Å². The first-order valence-electron chi connectivity index (χ1n) is 10.3. The zero-order valence-electron chi connectivity index (χ0n) is 17.0. The quantitative estimate of drug-likeness (QED) is 0.718. The predicted octanol–water partition coefficient (Wildman–Crippen LogP) is 3.54. The zero-order chi connectivity index (χ0) is 20.7. The van der Waals surface area contributed by atoms with Crippen LogP contribution in [-0.2, 0) is 21.2 Å². The summed E-state index contributed by atoms with van der Waals surface area (Å²) in [5.74, 6) is -0.235. The topological polar surface area (TPSA) is 66.5 Å². The Kier molecular flexibility index (Phi) is 7.45. The van der Waals surface area contributed by atoms with Gasteiger partial charge in [-0.05, 0) is 43.7 Å². The van der Waals surface area contributed by atoms with Crippen molar-refractivity contribution in [3.63, 3.8) is 0 Å². The number of rotatable bonds is 8. The van der Waals surface area contributed by atoms with E-state index in [9.17, 15) is 13.2 Å². The van der Waals surface area contributed by atoms with Gasteiger partial charge in [0.2, 0.25) is 15.9 Å². The molecule has 2 atom stereocenters. The fourth-order valence-corrected chi connectivity index (χ4v) is 5.38. The minimum atomic E-state index is -3.35. The SMILES string of the molecule is C[C@@H](NC(=O)C1CCCN(S(=O)(=O)CCCc2ccccc2)C1)c1ccccc1. The Balaban J connectivity index is 1.52. The fraction of sp³-hybridized carbons (Fsp3) is 0.435. The highest BCUT2D eigenvalue weighted by Crippen LogP contribution is 2.22. The lowest BCUT2D eigenvalue weighted by molar-refractivity contribution is -0.126. The number of hydrogen-bond acceptors (Lipinski definition) is 3. The first kappa shape index (κ1) is 21.5. The summed E-state index contributed by atoms with van der Waals surface area (Å²) >= 11 is 0. The van der Waals surface area contributed by atoms with E-state index >= 15 is 0 Å². The first-order valence-corrected chi connectivity index (χ1v) is 11.9. The number of nitrogens with one attached hydrogen (secondary N) is 1. The van der Waals surface area contributed by atoms with Gasteiger partial charge in [0.05, 0.1) is 17.7 Å². The lowest BCUT2D eigenvalue weighted by Gasteiger charge is -2.32. The third-order valence-corrected chi connectivity index (χ3v) is 7.44. The summed E-state index contributed by atoms with van der Waals surface area (Å²) in [5.41, 5.74) is 2.19. The summed E-state index contributed by atoms with van der Waals surface area (Å²) in [4.78, 5) is 12.7. The molecule has 1 saturated heterocycles. The van der Waals surface area contributed by atoms with Gasteiger partial charge in [-0.25, -0.2) is 12.7 Å². The fourth-order valence-electron chi connectivity index (χ4n) is 3.80. The van der Waals surface area contributed by atoms with Crippen molar-refractivity contribution in [2.45, 2.75) is 38.6 Å². The Hall–Kier alpha value is -2.18. The Morgan fingerprint density at radius 3 is 2.45 bits per heavy atom. The molecule has 0 saturated carbocycles. The summed E-state index contributed by atoms with van der Waals surface area (Å²) in [6.07, 6.45) is 2.77. The van der Waals surface area contributed by atoms with E-state index in [1.54, 1.807) is 0 Å². The number of carbonyl (C=O) groups is 1. The number of piperidine rings is 1. The van der Waals surface area contributed by atoms with Gasteiger partial charge in [-0.15, -0.1) is 0 Å². The number of sulfonamides is 1. The number of amides is 1. The van der Waals surface area contributed by atoms with E-state index in [4.69, 9.17) is 0 Å². The van der Waals surface area contributed by atoms with Gasteiger partial charge in [0.1, 0.15) is 0 Å². The number of carbonyl (C=O) groups excluding carboxylic acids is 1. The molecule has 0 aromatic heterocycles. The monoisotopic (exact) mass is 414 g/mol. The smallest absolute Gasteiger partial charge is 0.224 e. The molecule has 1 amide bonds. The zero-order valence-corrected chi connectivity index (χ0v) is 17.8. The van der Waals surface area contributed by atoms with Crippen LogP contribution in [0.2, 0.25) is 0 Å². The molecule has 2 aromatic rings. The molecule has 0 bridgehead atoms. The van der Waals surface area contributed by atoms with Crippen molar-refractivity contribution in [3.05, 3.63) is 71.8 Å². The summed E-state index contributed by atoms with van der Waals surface area (Å²) in [6, 6.07) is 19.6. The van der Waals surface area contributed by atoms with Gasteiger partial charge in [0.15, 0.2) is 0 Å². The van der Waals surface area contributed by atoms with Gasteiger partial charge in [-0.1, -0.05) is 60.7 Å². The van der Waals surface area contributed by atoms with Crippen LogP contribution in [0.4, 0.5) is 0 Å². The van der Waals surface area contributed by atoms with E-state index in [-0.39, 0.29) is 30.2 Å². The summed E-state index contributed by atoms with van der Waals surface area (Å²) in [7, 11) is -3.35. The van der Waals surface area contributed by atoms with E-state index in [2.05, 4.69) is 5.32 Å². The maximum atomic E-state index is 12.8. The molecule has 3 rings (SSSR count). The Bertz CT molecular complexity index is 885. The Morgan fingerprint density at radius 1 is 1.10 bits per heavy atom. The molecule has 0 spiro atoms. The van der Waals surface area contributed by atoms with E-state index < -0.39 is 10.0 Å². The molecule has 0 aliphatic carbocycles. The van der Waals surface area contributed by atoms with Crippen molar-refractivity contribution < 1.29 is 13.2 Å². The number of nitrogens with zero attached hydrogens (tertiary/aromatic N) is 1. The highest BCUT2D eigenvalue weighted by atomic mass is 32.2. The summed E-state index contributed by atoms with van der Waals surface area (Å²) in [5, 5.41) is 3.04. The van der Waals surface area contributed by atoms with Crippen LogP contribution >= 0.6 is 0 Å². The van der Waals surface area contributed by atoms with Crippen LogP contribution in [0.15, 0.2) is 60.7 Å². The molecular weight excluding hydrogens is 384 g/mol. The molecule has 29 heavy (non-hydrogen) atoms. The van der Waals surface area contributed by atoms with Crippen LogP contribution in [0.5, 0.6) is 0 Å². The predicted molar refractivity (Wildman–Crippen MR) is 116 cm³/mol. The van der Waals surface area contributed by atoms with Crippen LogP contribution in [0.25, 0.3) is 0 Å². The van der Waals surface area contributed by atoms with Gasteiger partial charge >= 0.3 is 0 Å². The third kappa shape index (κ3) is 6.15. The average molecular weight is 415 g/mol. The molecule has 1 unspecified atom stereocenters. The Labute approximate surface area is 174 Å². The molecule has 1 fully saturated rings. The standard InChI is InChI=1S/C23H30N2O3S/c1-19(21-13-6-3-7-14-21)24-23(26)22-15-8-16-25(18-22)29(27,28)17-9-12-20-10-4-2-5-11-20/h2-7,10-11,13-14,19,22H,8-9,12,15-18H2,1H3,(H,24,26)/t19-,22?/m1/s1. The molecule has 1 N–H and O–H groups in total. The van der Waals surface area contributed by atoms with Gasteiger partial charge in [-0.2, -0.15) is 0 Å². The van der Waals surface area contributed by atoms with Crippen molar-refractivity contribution in [1.29, 1.82) is 0 Å². The van der Waals surface area contributed by atoms with Crippen LogP contribution in [0.3, 0.4) is 0 Å². The van der Waals surface area contributed by atoms with Gasteiger partial charge in [0, 0.05) is 13.1 Å². The molecule has 1 aliphatic rings. The lowest BCUT2D eigenvalue weighted by atomic mass is 9.98. The molecular formula is C23H30N2O3S. The first-order chi connectivity index (χ1) is 14.0. The van der Waals surface area contributed by atoms with Crippen molar-refractivity contribution in [1.82, 2.24) is 9.62 Å². The second-order valence-corrected chi connectivity index (χ2v) is 9.83.